The van der Waals surface area contributed by atoms with E-state index < -0.39 is 0 Å². The van der Waals surface area contributed by atoms with Crippen LogP contribution in [-0.2, 0) is 12.8 Å². The fraction of sp³-hybridized carbons (Fsp3) is 0.421. The molecule has 148 valence electrons. The van der Waals surface area contributed by atoms with E-state index in [1.54, 1.807) is 25.4 Å². The standard InChI is InChI=1S/C19H27N5OS.HI/c1-13-17(26-14(2)24-13)9-11-23-19(21-4)22-10-8-15-6-5-7-16(12-15)18(25)20-3;/h5-7,12H,8-11H2,1-4H3,(H,20,25)(H2,21,22,23);1H. The van der Waals surface area contributed by atoms with Gasteiger partial charge in [-0.3, -0.25) is 9.79 Å². The van der Waals surface area contributed by atoms with Gasteiger partial charge in [-0.2, -0.15) is 0 Å². The molecule has 2 aromatic rings. The Kier molecular flexibility index (Phi) is 10.3. The Labute approximate surface area is 182 Å². The van der Waals surface area contributed by atoms with Crippen molar-refractivity contribution in [2.45, 2.75) is 26.7 Å². The van der Waals surface area contributed by atoms with Crippen molar-refractivity contribution in [1.82, 2.24) is 20.9 Å². The number of nitrogens with zero attached hydrogens (tertiary/aromatic N) is 2. The van der Waals surface area contributed by atoms with E-state index in [0.29, 0.717) is 5.56 Å². The van der Waals surface area contributed by atoms with Gasteiger partial charge in [0.25, 0.3) is 5.91 Å². The summed E-state index contributed by atoms with van der Waals surface area (Å²) < 4.78 is 0. The topological polar surface area (TPSA) is 78.4 Å². The molecule has 0 fully saturated rings. The zero-order valence-corrected chi connectivity index (χ0v) is 19.4. The molecule has 1 heterocycles. The van der Waals surface area contributed by atoms with Crippen LogP contribution in [0.3, 0.4) is 0 Å². The largest absolute Gasteiger partial charge is 0.356 e. The summed E-state index contributed by atoms with van der Waals surface area (Å²) in [5.41, 5.74) is 2.92. The summed E-state index contributed by atoms with van der Waals surface area (Å²) in [5, 5.41) is 10.4. The van der Waals surface area contributed by atoms with Gasteiger partial charge in [0.05, 0.1) is 10.7 Å². The maximum Gasteiger partial charge on any atom is 0.251 e. The van der Waals surface area contributed by atoms with Crippen molar-refractivity contribution >= 4 is 47.2 Å². The van der Waals surface area contributed by atoms with Gasteiger partial charge in [0.15, 0.2) is 5.96 Å². The summed E-state index contributed by atoms with van der Waals surface area (Å²) in [6.07, 6.45) is 1.75. The number of aryl methyl sites for hydroxylation is 2. The van der Waals surface area contributed by atoms with Gasteiger partial charge in [-0.25, -0.2) is 4.98 Å². The highest BCUT2D eigenvalue weighted by molar-refractivity contribution is 14.0. The summed E-state index contributed by atoms with van der Waals surface area (Å²) in [6, 6.07) is 7.68. The van der Waals surface area contributed by atoms with E-state index in [2.05, 4.69) is 32.9 Å². The van der Waals surface area contributed by atoms with E-state index in [1.165, 1.54) is 4.88 Å². The van der Waals surface area contributed by atoms with Crippen molar-refractivity contribution in [1.29, 1.82) is 0 Å². The summed E-state index contributed by atoms with van der Waals surface area (Å²) in [6.45, 7) is 5.65. The Morgan fingerprint density at radius 1 is 1.19 bits per heavy atom. The minimum absolute atomic E-state index is 0. The molecule has 0 radical (unpaired) electrons. The highest BCUT2D eigenvalue weighted by atomic mass is 127. The van der Waals surface area contributed by atoms with Crippen LogP contribution in [0.2, 0.25) is 0 Å². The van der Waals surface area contributed by atoms with Crippen molar-refractivity contribution in [3.63, 3.8) is 0 Å². The second-order valence-electron chi connectivity index (χ2n) is 5.95. The van der Waals surface area contributed by atoms with Crippen LogP contribution in [0.4, 0.5) is 0 Å². The zero-order valence-electron chi connectivity index (χ0n) is 16.3. The molecule has 0 saturated carbocycles. The van der Waals surface area contributed by atoms with Crippen molar-refractivity contribution < 1.29 is 4.79 Å². The number of aromatic nitrogens is 1. The fourth-order valence-corrected chi connectivity index (χ4v) is 3.59. The quantitative estimate of drug-likeness (QED) is 0.310. The molecule has 0 saturated heterocycles. The molecule has 3 N–H and O–H groups in total. The summed E-state index contributed by atoms with van der Waals surface area (Å²) in [5.74, 6) is 0.720. The Hall–Kier alpha value is -1.68. The van der Waals surface area contributed by atoms with Gasteiger partial charge in [-0.1, -0.05) is 12.1 Å². The molecule has 0 atom stereocenters. The van der Waals surface area contributed by atoms with Gasteiger partial charge in [-0.05, 0) is 38.0 Å². The SMILES string of the molecule is CN=C(NCCc1cccc(C(=O)NC)c1)NCCc1sc(C)nc1C.I. The normalized spacial score (nSPS) is 10.9. The molecule has 6 nitrogen and oxygen atoms in total. The second-order valence-corrected chi connectivity index (χ2v) is 7.23. The smallest absolute Gasteiger partial charge is 0.251 e. The minimum Gasteiger partial charge on any atom is -0.356 e. The molecule has 8 heteroatoms. The van der Waals surface area contributed by atoms with E-state index >= 15 is 0 Å². The van der Waals surface area contributed by atoms with Crippen LogP contribution < -0.4 is 16.0 Å². The van der Waals surface area contributed by atoms with E-state index in [0.717, 1.165) is 48.2 Å². The van der Waals surface area contributed by atoms with Crippen molar-refractivity contribution in [3.8, 4) is 0 Å². The molecule has 0 aliphatic rings. The van der Waals surface area contributed by atoms with Gasteiger partial charge in [0.2, 0.25) is 0 Å². The maximum atomic E-state index is 11.7. The molecule has 0 bridgehead atoms. The van der Waals surface area contributed by atoms with E-state index in [1.807, 2.05) is 31.2 Å². The minimum atomic E-state index is -0.0640. The summed E-state index contributed by atoms with van der Waals surface area (Å²) in [7, 11) is 3.41. The summed E-state index contributed by atoms with van der Waals surface area (Å²) in [4.78, 5) is 21.7. The number of halogens is 1. The molecular formula is C19H28IN5OS. The number of aliphatic imine (C=N–C) groups is 1. The lowest BCUT2D eigenvalue weighted by Crippen LogP contribution is -2.39. The maximum absolute atomic E-state index is 11.7. The lowest BCUT2D eigenvalue weighted by molar-refractivity contribution is 0.0963. The van der Waals surface area contributed by atoms with Gasteiger partial charge in [0, 0.05) is 44.0 Å². The van der Waals surface area contributed by atoms with Crippen LogP contribution in [0.25, 0.3) is 0 Å². The van der Waals surface area contributed by atoms with E-state index in [4.69, 9.17) is 0 Å². The van der Waals surface area contributed by atoms with Gasteiger partial charge >= 0.3 is 0 Å². The van der Waals surface area contributed by atoms with Crippen molar-refractivity contribution in [2.75, 3.05) is 27.2 Å². The number of hydrogen-bond donors (Lipinski definition) is 3. The average Bonchev–Trinajstić information content (AvgIpc) is 2.97. The molecule has 1 aromatic heterocycles. The van der Waals surface area contributed by atoms with Crippen LogP contribution >= 0.6 is 35.3 Å². The Balaban J connectivity index is 0.00000364. The number of amides is 1. The third-order valence-electron chi connectivity index (χ3n) is 3.99. The predicted octanol–water partition coefficient (Wildman–Crippen LogP) is 2.69. The first-order chi connectivity index (χ1) is 12.5. The van der Waals surface area contributed by atoms with Crippen LogP contribution in [0.5, 0.6) is 0 Å². The zero-order chi connectivity index (χ0) is 18.9. The first kappa shape index (κ1) is 23.4. The monoisotopic (exact) mass is 501 g/mol. The molecule has 1 amide bonds. The second kappa shape index (κ2) is 11.9. The first-order valence-corrected chi connectivity index (χ1v) is 9.53. The van der Waals surface area contributed by atoms with E-state index in [-0.39, 0.29) is 29.9 Å². The lowest BCUT2D eigenvalue weighted by Gasteiger charge is -2.12. The van der Waals surface area contributed by atoms with Crippen molar-refractivity contribution in [2.24, 2.45) is 4.99 Å². The highest BCUT2D eigenvalue weighted by Crippen LogP contribution is 2.17. The number of guanidine groups is 1. The van der Waals surface area contributed by atoms with Crippen LogP contribution in [-0.4, -0.2) is 44.0 Å². The molecule has 0 aliphatic carbocycles. The number of thiazole rings is 1. The predicted molar refractivity (Wildman–Crippen MR) is 124 cm³/mol. The number of carbonyl (C=O) groups excluding carboxylic acids is 1. The molecule has 0 spiro atoms. The van der Waals surface area contributed by atoms with Crippen LogP contribution in [0.1, 0.15) is 31.5 Å². The van der Waals surface area contributed by atoms with Gasteiger partial charge < -0.3 is 16.0 Å². The number of nitrogens with one attached hydrogen (secondary N) is 3. The lowest BCUT2D eigenvalue weighted by atomic mass is 10.1. The Bertz CT molecular complexity index is 775. The van der Waals surface area contributed by atoms with Crippen LogP contribution in [0, 0.1) is 13.8 Å². The third-order valence-corrected chi connectivity index (χ3v) is 5.12. The molecule has 1 aromatic carbocycles. The molecule has 0 unspecified atom stereocenters. The molecule has 27 heavy (non-hydrogen) atoms. The highest BCUT2D eigenvalue weighted by Gasteiger charge is 2.06. The average molecular weight is 501 g/mol. The van der Waals surface area contributed by atoms with Crippen LogP contribution in [0.15, 0.2) is 29.3 Å². The number of rotatable bonds is 7. The first-order valence-electron chi connectivity index (χ1n) is 8.72. The molecule has 2 rings (SSSR count). The van der Waals surface area contributed by atoms with E-state index in [9.17, 15) is 4.79 Å². The molecular weight excluding hydrogens is 473 g/mol. The van der Waals surface area contributed by atoms with Gasteiger partial charge in [-0.15, -0.1) is 35.3 Å². The molecule has 0 aliphatic heterocycles. The number of carbonyl (C=O) groups is 1. The van der Waals surface area contributed by atoms with Crippen molar-refractivity contribution in [3.05, 3.63) is 51.0 Å². The summed E-state index contributed by atoms with van der Waals surface area (Å²) >= 11 is 1.75. The Morgan fingerprint density at radius 3 is 2.48 bits per heavy atom. The fourth-order valence-electron chi connectivity index (χ4n) is 2.66. The third kappa shape index (κ3) is 7.45. The Morgan fingerprint density at radius 2 is 1.89 bits per heavy atom. The number of hydrogen-bond acceptors (Lipinski definition) is 4. The van der Waals surface area contributed by atoms with Gasteiger partial charge in [0.1, 0.15) is 0 Å². The number of benzene rings is 1.